The lowest BCUT2D eigenvalue weighted by molar-refractivity contribution is 0.444. The second kappa shape index (κ2) is 22.3. The van der Waals surface area contributed by atoms with Crippen LogP contribution in [0.15, 0.2) is 97.1 Å². The Bertz CT molecular complexity index is 1330. The van der Waals surface area contributed by atoms with E-state index in [-0.39, 0.29) is 0 Å². The average Bonchev–Trinajstić information content (AvgIpc) is 3.14. The van der Waals surface area contributed by atoms with Gasteiger partial charge < -0.3 is 11.5 Å². The van der Waals surface area contributed by atoms with Gasteiger partial charge in [-0.25, -0.2) is 0 Å². The average molecular weight is 673 g/mol. The molecule has 0 saturated heterocycles. The summed E-state index contributed by atoms with van der Waals surface area (Å²) in [4.78, 5) is 0. The largest absolute Gasteiger partial charge is 0.399 e. The summed E-state index contributed by atoms with van der Waals surface area (Å²) in [5.74, 6) is 1.50. The van der Waals surface area contributed by atoms with Crippen LogP contribution in [0, 0.1) is 5.92 Å². The van der Waals surface area contributed by atoms with Gasteiger partial charge in [-0.2, -0.15) is 0 Å². The van der Waals surface area contributed by atoms with Gasteiger partial charge in [0.25, 0.3) is 0 Å². The van der Waals surface area contributed by atoms with Crippen molar-refractivity contribution in [1.29, 1.82) is 0 Å². The fourth-order valence-electron chi connectivity index (χ4n) is 7.78. The van der Waals surface area contributed by atoms with Crippen LogP contribution in [0.2, 0.25) is 0 Å². The fraction of sp³-hybridized carbons (Fsp3) is 0.500. The molecule has 4 N–H and O–H groups in total. The number of unbranched alkanes of at least 4 members (excludes halogenated alkanes) is 10. The first-order valence-corrected chi connectivity index (χ1v) is 20.4. The molecule has 4 aromatic rings. The molecule has 0 saturated carbocycles. The normalized spacial score (nSPS) is 13.3. The Hall–Kier alpha value is -3.52. The summed E-state index contributed by atoms with van der Waals surface area (Å²) >= 11 is 0. The van der Waals surface area contributed by atoms with Gasteiger partial charge in [-0.15, -0.1) is 0 Å². The molecule has 2 heteroatoms. The number of rotatable bonds is 24. The van der Waals surface area contributed by atoms with E-state index in [1.54, 1.807) is 0 Å². The molecule has 270 valence electrons. The summed E-state index contributed by atoms with van der Waals surface area (Å²) in [6, 6.07) is 36.4. The highest BCUT2D eigenvalue weighted by atomic mass is 14.5. The lowest BCUT2D eigenvalue weighted by Crippen LogP contribution is -2.10. The Balaban J connectivity index is 1.44. The van der Waals surface area contributed by atoms with Crippen LogP contribution in [0.25, 0.3) is 0 Å². The number of benzene rings is 4. The molecule has 2 nitrogen and oxygen atoms in total. The maximum Gasteiger partial charge on any atom is 0.0314 e. The molecule has 4 aromatic carbocycles. The molecule has 0 radical (unpaired) electrons. The first-order valence-electron chi connectivity index (χ1n) is 20.4. The van der Waals surface area contributed by atoms with Gasteiger partial charge in [-0.3, -0.25) is 0 Å². The second-order valence-corrected chi connectivity index (χ2v) is 15.1. The highest BCUT2D eigenvalue weighted by molar-refractivity contribution is 5.44. The molecule has 2 atom stereocenters. The third-order valence-corrected chi connectivity index (χ3v) is 10.9. The molecule has 0 aromatic heterocycles. The van der Waals surface area contributed by atoms with Crippen LogP contribution < -0.4 is 11.5 Å². The Kier molecular flexibility index (Phi) is 17.5. The maximum atomic E-state index is 6.03. The van der Waals surface area contributed by atoms with Gasteiger partial charge in [0, 0.05) is 23.2 Å². The lowest BCUT2D eigenvalue weighted by Gasteiger charge is -2.21. The van der Waals surface area contributed by atoms with Crippen molar-refractivity contribution in [2.24, 2.45) is 5.92 Å². The zero-order valence-electron chi connectivity index (χ0n) is 31.9. The van der Waals surface area contributed by atoms with E-state index in [0.29, 0.717) is 17.8 Å². The van der Waals surface area contributed by atoms with Crippen LogP contribution >= 0.6 is 0 Å². The Morgan fingerprint density at radius 2 is 0.680 bits per heavy atom. The molecule has 0 spiro atoms. The molecule has 0 heterocycles. The third-order valence-electron chi connectivity index (χ3n) is 10.9. The molecular weight excluding hydrogens is 605 g/mol. The van der Waals surface area contributed by atoms with Crippen LogP contribution in [-0.4, -0.2) is 0 Å². The van der Waals surface area contributed by atoms with Gasteiger partial charge in [0.15, 0.2) is 0 Å². The molecule has 0 fully saturated rings. The third kappa shape index (κ3) is 13.3. The molecular formula is C48H68N2. The van der Waals surface area contributed by atoms with Gasteiger partial charge in [0.1, 0.15) is 0 Å². The van der Waals surface area contributed by atoms with E-state index in [0.717, 1.165) is 24.2 Å². The van der Waals surface area contributed by atoms with Gasteiger partial charge >= 0.3 is 0 Å². The van der Waals surface area contributed by atoms with Crippen molar-refractivity contribution >= 4 is 11.4 Å². The van der Waals surface area contributed by atoms with Gasteiger partial charge in [-0.1, -0.05) is 177 Å². The summed E-state index contributed by atoms with van der Waals surface area (Å²) < 4.78 is 0. The van der Waals surface area contributed by atoms with Crippen molar-refractivity contribution in [3.63, 3.8) is 0 Å². The topological polar surface area (TPSA) is 52.0 Å². The Morgan fingerprint density at radius 3 is 1.04 bits per heavy atom. The minimum Gasteiger partial charge on any atom is -0.399 e. The Morgan fingerprint density at radius 1 is 0.360 bits per heavy atom. The number of nitrogens with two attached hydrogens (primary N) is 2. The number of anilines is 2. The van der Waals surface area contributed by atoms with E-state index in [2.05, 4.69) is 118 Å². The summed E-state index contributed by atoms with van der Waals surface area (Å²) in [6.45, 7) is 6.88. The minimum atomic E-state index is 0.426. The molecule has 0 amide bonds. The van der Waals surface area contributed by atoms with Crippen molar-refractivity contribution in [2.75, 3.05) is 11.5 Å². The van der Waals surface area contributed by atoms with Crippen molar-refractivity contribution in [1.82, 2.24) is 0 Å². The predicted molar refractivity (Wildman–Crippen MR) is 220 cm³/mol. The summed E-state index contributed by atoms with van der Waals surface area (Å²) in [5.41, 5.74) is 22.3. The van der Waals surface area contributed by atoms with Crippen LogP contribution in [0.5, 0.6) is 0 Å². The summed E-state index contributed by atoms with van der Waals surface area (Å²) in [6.07, 6.45) is 23.3. The van der Waals surface area contributed by atoms with Crippen LogP contribution in [0.3, 0.4) is 0 Å². The standard InChI is InChI=1S/C48H68N2/c1-4-7-10-11-12-13-14-15-16-17-40(36-38-20-24-41(25-21-38)47(18-8-5-2)43-28-32-45(49)33-29-43)37-39-22-26-42(27-23-39)48(19-9-6-3)44-30-34-46(50)35-31-44/h20-35,40,47-48H,4-19,36-37,49-50H2,1-3H3. The monoisotopic (exact) mass is 673 g/mol. The molecule has 0 bridgehead atoms. The second-order valence-electron chi connectivity index (χ2n) is 15.1. The van der Waals surface area contributed by atoms with Crippen LogP contribution in [0.1, 0.15) is 169 Å². The van der Waals surface area contributed by atoms with Crippen LogP contribution in [-0.2, 0) is 12.8 Å². The number of hydrogen-bond acceptors (Lipinski definition) is 2. The van der Waals surface area contributed by atoms with E-state index in [9.17, 15) is 0 Å². The van der Waals surface area contributed by atoms with Crippen molar-refractivity contribution in [2.45, 2.75) is 148 Å². The molecule has 0 aliphatic heterocycles. The molecule has 2 unspecified atom stereocenters. The van der Waals surface area contributed by atoms with E-state index in [4.69, 9.17) is 11.5 Å². The predicted octanol–water partition coefficient (Wildman–Crippen LogP) is 13.8. The SMILES string of the molecule is CCCCCCCCCCCC(Cc1ccc(C(CCCC)c2ccc(N)cc2)cc1)Cc1ccc(C(CCCC)c2ccc(N)cc2)cc1. The summed E-state index contributed by atoms with van der Waals surface area (Å²) in [7, 11) is 0. The maximum absolute atomic E-state index is 6.03. The quantitative estimate of drug-likeness (QED) is 0.0575. The number of nitrogen functional groups attached to an aromatic ring is 2. The van der Waals surface area contributed by atoms with E-state index >= 15 is 0 Å². The van der Waals surface area contributed by atoms with Crippen molar-refractivity contribution in [3.05, 3.63) is 130 Å². The van der Waals surface area contributed by atoms with Gasteiger partial charge in [-0.05, 0) is 95.7 Å². The Labute approximate surface area is 306 Å². The molecule has 4 rings (SSSR count). The van der Waals surface area contributed by atoms with Crippen LogP contribution in [0.4, 0.5) is 11.4 Å². The fourth-order valence-corrected chi connectivity index (χ4v) is 7.78. The highest BCUT2D eigenvalue weighted by Gasteiger charge is 2.17. The lowest BCUT2D eigenvalue weighted by atomic mass is 9.84. The van der Waals surface area contributed by atoms with Gasteiger partial charge in [0.05, 0.1) is 0 Å². The van der Waals surface area contributed by atoms with Crippen molar-refractivity contribution in [3.8, 4) is 0 Å². The van der Waals surface area contributed by atoms with Gasteiger partial charge in [0.2, 0.25) is 0 Å². The highest BCUT2D eigenvalue weighted by Crippen LogP contribution is 2.33. The first kappa shape index (κ1) is 39.3. The molecule has 0 aliphatic carbocycles. The van der Waals surface area contributed by atoms with E-state index < -0.39 is 0 Å². The minimum absolute atomic E-state index is 0.426. The molecule has 0 aliphatic rings. The zero-order valence-corrected chi connectivity index (χ0v) is 31.9. The number of hydrogen-bond donors (Lipinski definition) is 2. The molecule has 50 heavy (non-hydrogen) atoms. The van der Waals surface area contributed by atoms with Crippen molar-refractivity contribution < 1.29 is 0 Å². The first-order chi connectivity index (χ1) is 24.5. The van der Waals surface area contributed by atoms with E-state index in [1.165, 1.54) is 136 Å². The smallest absolute Gasteiger partial charge is 0.0314 e. The zero-order chi connectivity index (χ0) is 35.4. The van der Waals surface area contributed by atoms with E-state index in [1.807, 2.05) is 0 Å². The summed E-state index contributed by atoms with van der Waals surface area (Å²) in [5, 5.41) is 0.